The lowest BCUT2D eigenvalue weighted by Gasteiger charge is -2.05. The molecule has 1 aromatic carbocycles. The number of benzene rings is 1. The van der Waals surface area contributed by atoms with Crippen LogP contribution in [0.15, 0.2) is 18.2 Å². The number of nitrogens with one attached hydrogen (secondary N) is 1. The van der Waals surface area contributed by atoms with Gasteiger partial charge < -0.3 is 5.32 Å². The van der Waals surface area contributed by atoms with Crippen molar-refractivity contribution in [1.29, 1.82) is 0 Å². The summed E-state index contributed by atoms with van der Waals surface area (Å²) in [5, 5.41) is 3.37. The maximum absolute atomic E-state index is 11.8. The van der Waals surface area contributed by atoms with E-state index in [0.717, 1.165) is 12.1 Å². The number of rotatable bonds is 6. The first-order chi connectivity index (χ1) is 8.15. The maximum Gasteiger partial charge on any atom is 0.138 e. The average molecular weight is 231 g/mol. The van der Waals surface area contributed by atoms with E-state index in [1.165, 1.54) is 24.0 Å². The quantitative estimate of drug-likeness (QED) is 0.815. The molecule has 0 aromatic heterocycles. The molecular weight excluding hydrogens is 210 g/mol. The van der Waals surface area contributed by atoms with E-state index >= 15 is 0 Å². The number of carbonyl (C=O) groups excluding carboxylic acids is 1. The molecule has 1 N–H and O–H groups in total. The van der Waals surface area contributed by atoms with E-state index in [1.807, 2.05) is 0 Å². The first-order valence-electron chi connectivity index (χ1n) is 6.46. The zero-order valence-electron chi connectivity index (χ0n) is 10.8. The number of hydrogen-bond acceptors (Lipinski definition) is 2. The van der Waals surface area contributed by atoms with Gasteiger partial charge in [0.2, 0.25) is 0 Å². The highest BCUT2D eigenvalue weighted by Gasteiger charge is 2.20. The average Bonchev–Trinajstić information content (AvgIpc) is 3.07. The second-order valence-corrected chi connectivity index (χ2v) is 5.11. The predicted octanol–water partition coefficient (Wildman–Crippen LogP) is 2.56. The lowest BCUT2D eigenvalue weighted by atomic mass is 10.0. The summed E-state index contributed by atoms with van der Waals surface area (Å²) >= 11 is 0. The van der Waals surface area contributed by atoms with Crippen molar-refractivity contribution in [3.63, 3.8) is 0 Å². The summed E-state index contributed by atoms with van der Waals surface area (Å²) in [7, 11) is 0. The van der Waals surface area contributed by atoms with Gasteiger partial charge in [-0.2, -0.15) is 0 Å². The third-order valence-electron chi connectivity index (χ3n) is 3.39. The molecule has 1 fully saturated rings. The Morgan fingerprint density at radius 1 is 1.29 bits per heavy atom. The van der Waals surface area contributed by atoms with Crippen LogP contribution in [0.3, 0.4) is 0 Å². The summed E-state index contributed by atoms with van der Waals surface area (Å²) < 4.78 is 0. The molecule has 1 saturated carbocycles. The number of carbonyl (C=O) groups is 1. The van der Waals surface area contributed by atoms with Gasteiger partial charge in [0.25, 0.3) is 0 Å². The zero-order chi connectivity index (χ0) is 12.3. The molecule has 0 bridgehead atoms. The van der Waals surface area contributed by atoms with Gasteiger partial charge in [-0.15, -0.1) is 0 Å². The third-order valence-corrected chi connectivity index (χ3v) is 3.39. The van der Waals surface area contributed by atoms with Crippen molar-refractivity contribution >= 4 is 5.78 Å². The van der Waals surface area contributed by atoms with Crippen LogP contribution in [0.4, 0.5) is 0 Å². The van der Waals surface area contributed by atoms with Crippen LogP contribution in [0, 0.1) is 13.8 Å². The van der Waals surface area contributed by atoms with Crippen LogP contribution in [-0.4, -0.2) is 18.4 Å². The first-order valence-corrected chi connectivity index (χ1v) is 6.46. The molecule has 1 aliphatic rings. The van der Waals surface area contributed by atoms with Gasteiger partial charge in [0.15, 0.2) is 0 Å². The maximum atomic E-state index is 11.8. The van der Waals surface area contributed by atoms with Crippen LogP contribution in [0.1, 0.15) is 36.0 Å². The van der Waals surface area contributed by atoms with Gasteiger partial charge in [0.05, 0.1) is 0 Å². The highest BCUT2D eigenvalue weighted by molar-refractivity contribution is 5.81. The normalized spacial score (nSPS) is 14.9. The minimum atomic E-state index is 0.335. The van der Waals surface area contributed by atoms with Crippen LogP contribution in [0.2, 0.25) is 0 Å². The van der Waals surface area contributed by atoms with Crippen molar-refractivity contribution < 1.29 is 4.79 Å². The van der Waals surface area contributed by atoms with Gasteiger partial charge >= 0.3 is 0 Å². The smallest absolute Gasteiger partial charge is 0.138 e. The van der Waals surface area contributed by atoms with E-state index in [-0.39, 0.29) is 0 Å². The Kier molecular flexibility index (Phi) is 3.95. The van der Waals surface area contributed by atoms with Crippen LogP contribution in [0.5, 0.6) is 0 Å². The molecule has 0 saturated heterocycles. The minimum absolute atomic E-state index is 0.335. The Balaban J connectivity index is 1.77. The molecule has 2 rings (SSSR count). The molecule has 0 aliphatic heterocycles. The summed E-state index contributed by atoms with van der Waals surface area (Å²) in [6.45, 7) is 5.03. The summed E-state index contributed by atoms with van der Waals surface area (Å²) in [5.74, 6) is 0.335. The van der Waals surface area contributed by atoms with Gasteiger partial charge in [-0.1, -0.05) is 18.2 Å². The van der Waals surface area contributed by atoms with Crippen molar-refractivity contribution in [3.8, 4) is 0 Å². The Bertz CT molecular complexity index is 407. The predicted molar refractivity (Wildman–Crippen MR) is 70.3 cm³/mol. The lowest BCUT2D eigenvalue weighted by Crippen LogP contribution is -2.20. The van der Waals surface area contributed by atoms with Crippen LogP contribution in [0.25, 0.3) is 0 Å². The Labute approximate surface area is 103 Å². The molecule has 17 heavy (non-hydrogen) atoms. The fourth-order valence-corrected chi connectivity index (χ4v) is 1.93. The minimum Gasteiger partial charge on any atom is -0.314 e. The standard InChI is InChI=1S/C15H21NO/c1-11-3-4-13(9-12(11)2)10-15(17)7-8-16-14-5-6-14/h3-4,9,14,16H,5-8,10H2,1-2H3. The van der Waals surface area contributed by atoms with Crippen molar-refractivity contribution in [1.82, 2.24) is 5.32 Å². The number of aryl methyl sites for hydroxylation is 2. The van der Waals surface area contributed by atoms with Gasteiger partial charge in [0, 0.05) is 25.4 Å². The summed E-state index contributed by atoms with van der Waals surface area (Å²) in [4.78, 5) is 11.8. The van der Waals surface area contributed by atoms with Gasteiger partial charge in [-0.05, 0) is 43.4 Å². The third kappa shape index (κ3) is 3.97. The van der Waals surface area contributed by atoms with E-state index < -0.39 is 0 Å². The molecule has 1 aliphatic carbocycles. The fraction of sp³-hybridized carbons (Fsp3) is 0.533. The van der Waals surface area contributed by atoms with Crippen molar-refractivity contribution in [2.45, 2.75) is 45.6 Å². The molecule has 0 heterocycles. The summed E-state index contributed by atoms with van der Waals surface area (Å²) in [6.07, 6.45) is 3.80. The monoisotopic (exact) mass is 231 g/mol. The molecule has 0 spiro atoms. The van der Waals surface area contributed by atoms with E-state index in [9.17, 15) is 4.79 Å². The van der Waals surface area contributed by atoms with Gasteiger partial charge in [-0.25, -0.2) is 0 Å². The van der Waals surface area contributed by atoms with Gasteiger partial charge in [-0.3, -0.25) is 4.79 Å². The van der Waals surface area contributed by atoms with E-state index in [0.29, 0.717) is 24.7 Å². The lowest BCUT2D eigenvalue weighted by molar-refractivity contribution is -0.118. The molecule has 0 amide bonds. The molecule has 0 unspecified atom stereocenters. The molecule has 2 heteroatoms. The molecule has 0 radical (unpaired) electrons. The van der Waals surface area contributed by atoms with E-state index in [2.05, 4.69) is 37.4 Å². The van der Waals surface area contributed by atoms with Crippen LogP contribution < -0.4 is 5.32 Å². The van der Waals surface area contributed by atoms with Gasteiger partial charge in [0.1, 0.15) is 5.78 Å². The number of hydrogen-bond donors (Lipinski definition) is 1. The molecule has 1 aromatic rings. The number of ketones is 1. The second-order valence-electron chi connectivity index (χ2n) is 5.11. The molecule has 2 nitrogen and oxygen atoms in total. The largest absolute Gasteiger partial charge is 0.314 e. The Morgan fingerprint density at radius 2 is 2.06 bits per heavy atom. The molecule has 92 valence electrons. The van der Waals surface area contributed by atoms with E-state index in [1.54, 1.807) is 0 Å². The Hall–Kier alpha value is -1.15. The topological polar surface area (TPSA) is 29.1 Å². The molecule has 0 atom stereocenters. The highest BCUT2D eigenvalue weighted by atomic mass is 16.1. The van der Waals surface area contributed by atoms with Crippen LogP contribution >= 0.6 is 0 Å². The van der Waals surface area contributed by atoms with E-state index in [4.69, 9.17) is 0 Å². The van der Waals surface area contributed by atoms with Crippen molar-refractivity contribution in [2.24, 2.45) is 0 Å². The Morgan fingerprint density at radius 3 is 2.71 bits per heavy atom. The van der Waals surface area contributed by atoms with Crippen molar-refractivity contribution in [3.05, 3.63) is 34.9 Å². The zero-order valence-corrected chi connectivity index (χ0v) is 10.8. The van der Waals surface area contributed by atoms with Crippen molar-refractivity contribution in [2.75, 3.05) is 6.54 Å². The summed E-state index contributed by atoms with van der Waals surface area (Å²) in [5.41, 5.74) is 3.70. The highest BCUT2D eigenvalue weighted by Crippen LogP contribution is 2.18. The number of Topliss-reactive ketones (excluding diaryl/α,β-unsaturated/α-hetero) is 1. The summed E-state index contributed by atoms with van der Waals surface area (Å²) in [6, 6.07) is 6.99. The fourth-order valence-electron chi connectivity index (χ4n) is 1.93. The first kappa shape index (κ1) is 12.3. The van der Waals surface area contributed by atoms with Crippen LogP contribution in [-0.2, 0) is 11.2 Å². The SMILES string of the molecule is Cc1ccc(CC(=O)CCNC2CC2)cc1C. The second kappa shape index (κ2) is 5.46. The molecular formula is C15H21NO.